The number of rotatable bonds is 7. The number of carboxylic acids is 1. The molecule has 0 bridgehead atoms. The van der Waals surface area contributed by atoms with Crippen molar-refractivity contribution < 1.29 is 32.6 Å². The maximum absolute atomic E-state index is 12.3. The summed E-state index contributed by atoms with van der Waals surface area (Å²) in [4.78, 5) is 29.2. The molecule has 33 heavy (non-hydrogen) atoms. The van der Waals surface area contributed by atoms with Gasteiger partial charge in [-0.15, -0.1) is 0 Å². The van der Waals surface area contributed by atoms with Gasteiger partial charge in [0.05, 0.1) is 0 Å². The van der Waals surface area contributed by atoms with Gasteiger partial charge in [0.1, 0.15) is 12.2 Å². The number of carboxylic acid groups (broad SMARTS) is 1. The fourth-order valence-corrected chi connectivity index (χ4v) is 2.42. The zero-order chi connectivity index (χ0) is 25.0. The van der Waals surface area contributed by atoms with Crippen molar-refractivity contribution in [3.63, 3.8) is 0 Å². The van der Waals surface area contributed by atoms with Gasteiger partial charge in [0.15, 0.2) is 5.82 Å². The molecule has 9 nitrogen and oxygen atoms in total. The van der Waals surface area contributed by atoms with Gasteiger partial charge in [0, 0.05) is 25.2 Å². The van der Waals surface area contributed by atoms with E-state index in [9.17, 15) is 18.0 Å². The monoisotopic (exact) mass is 467 g/mol. The maximum Gasteiger partial charge on any atom is 0.490 e. The lowest BCUT2D eigenvalue weighted by Crippen LogP contribution is -2.46. The van der Waals surface area contributed by atoms with Crippen LogP contribution in [0.25, 0.3) is 0 Å². The average Bonchev–Trinajstić information content (AvgIpc) is 2.73. The second-order valence-electron chi connectivity index (χ2n) is 7.18. The summed E-state index contributed by atoms with van der Waals surface area (Å²) >= 11 is 0. The molecule has 0 aliphatic heterocycles. The third-order valence-electron chi connectivity index (χ3n) is 3.71. The molecule has 1 unspecified atom stereocenters. The molecule has 0 saturated heterocycles. The van der Waals surface area contributed by atoms with Gasteiger partial charge in [-0.3, -0.25) is 5.01 Å². The lowest BCUT2D eigenvalue weighted by Gasteiger charge is -2.26. The summed E-state index contributed by atoms with van der Waals surface area (Å²) in [6.07, 6.45) is -3.81. The predicted molar refractivity (Wildman–Crippen MR) is 112 cm³/mol. The smallest absolute Gasteiger partial charge is 0.475 e. The minimum Gasteiger partial charge on any atom is -0.475 e. The van der Waals surface area contributed by atoms with Gasteiger partial charge in [-0.05, 0) is 18.4 Å². The van der Waals surface area contributed by atoms with Crippen LogP contribution in [0.2, 0.25) is 0 Å². The van der Waals surface area contributed by atoms with E-state index in [1.165, 1.54) is 6.20 Å². The van der Waals surface area contributed by atoms with E-state index in [0.717, 1.165) is 5.56 Å². The molecule has 2 aromatic rings. The summed E-state index contributed by atoms with van der Waals surface area (Å²) in [5.41, 5.74) is 3.80. The van der Waals surface area contributed by atoms with Crippen molar-refractivity contribution in [1.29, 1.82) is 5.26 Å². The van der Waals surface area contributed by atoms with Crippen molar-refractivity contribution in [3.05, 3.63) is 54.0 Å². The molecule has 1 aromatic heterocycles. The Morgan fingerprint density at radius 2 is 1.82 bits per heavy atom. The number of alkyl halides is 3. The molecule has 0 radical (unpaired) electrons. The van der Waals surface area contributed by atoms with Gasteiger partial charge in [-0.25, -0.2) is 20.0 Å². The first-order valence-corrected chi connectivity index (χ1v) is 9.74. The van der Waals surface area contributed by atoms with Crippen LogP contribution in [-0.2, 0) is 16.0 Å². The predicted octanol–water partition coefficient (Wildman–Crippen LogP) is 3.72. The third kappa shape index (κ3) is 10.8. The standard InChI is InChI=1S/C19H23N5O2.C2HF3O2/c1-14(2)13-24(18-9-10-21-17(12-20)22-18)23-19(25)26-15(3)11-16-7-5-4-6-8-16;3-2(4,5)1(6)7/h4-10,14-15H,11,13H2,1-3H3,(H,23,25);(H,6,7). The molecule has 1 atom stereocenters. The number of hydrogen-bond donors (Lipinski definition) is 2. The van der Waals surface area contributed by atoms with Crippen LogP contribution >= 0.6 is 0 Å². The zero-order valence-corrected chi connectivity index (χ0v) is 18.2. The first-order chi connectivity index (χ1) is 15.4. The van der Waals surface area contributed by atoms with Gasteiger partial charge >= 0.3 is 18.2 Å². The Kier molecular flexibility index (Phi) is 10.6. The Balaban J connectivity index is 0.000000675. The minimum atomic E-state index is -5.08. The van der Waals surface area contributed by atoms with E-state index in [2.05, 4.69) is 15.4 Å². The van der Waals surface area contributed by atoms with Crippen LogP contribution in [-0.4, -0.2) is 46.0 Å². The summed E-state index contributed by atoms with van der Waals surface area (Å²) in [7, 11) is 0. The van der Waals surface area contributed by atoms with E-state index in [4.69, 9.17) is 19.9 Å². The summed E-state index contributed by atoms with van der Waals surface area (Å²) in [6, 6.07) is 13.4. The van der Waals surface area contributed by atoms with E-state index in [-0.39, 0.29) is 17.8 Å². The van der Waals surface area contributed by atoms with Crippen LogP contribution in [0.15, 0.2) is 42.6 Å². The van der Waals surface area contributed by atoms with Gasteiger partial charge in [-0.1, -0.05) is 44.2 Å². The highest BCUT2D eigenvalue weighted by molar-refractivity contribution is 5.73. The van der Waals surface area contributed by atoms with Crippen LogP contribution in [0.3, 0.4) is 0 Å². The molecule has 1 heterocycles. The SMILES string of the molecule is CC(C)CN(NC(=O)OC(C)Cc1ccccc1)c1ccnc(C#N)n1.O=C(O)C(F)(F)F. The van der Waals surface area contributed by atoms with E-state index < -0.39 is 18.2 Å². The number of halogens is 3. The van der Waals surface area contributed by atoms with Crippen molar-refractivity contribution in [2.45, 2.75) is 39.5 Å². The Morgan fingerprint density at radius 1 is 1.21 bits per heavy atom. The number of hydrazine groups is 1. The lowest BCUT2D eigenvalue weighted by molar-refractivity contribution is -0.192. The number of amides is 1. The minimum absolute atomic E-state index is 0.0452. The number of nitrogens with one attached hydrogen (secondary N) is 1. The second kappa shape index (κ2) is 12.8. The van der Waals surface area contributed by atoms with E-state index in [1.54, 1.807) is 11.1 Å². The summed E-state index contributed by atoms with van der Waals surface area (Å²) in [5.74, 6) is -2.01. The molecular formula is C21H24F3N5O4. The molecule has 0 fully saturated rings. The molecule has 0 saturated carbocycles. The Hall–Kier alpha value is -3.88. The number of carbonyl (C=O) groups excluding carboxylic acids is 1. The van der Waals surface area contributed by atoms with E-state index >= 15 is 0 Å². The first-order valence-electron chi connectivity index (χ1n) is 9.74. The van der Waals surface area contributed by atoms with Crippen LogP contribution in [0.1, 0.15) is 32.2 Å². The topological polar surface area (TPSA) is 128 Å². The zero-order valence-electron chi connectivity index (χ0n) is 18.2. The van der Waals surface area contributed by atoms with Gasteiger partial charge in [0.2, 0.25) is 5.82 Å². The highest BCUT2D eigenvalue weighted by atomic mass is 19.4. The van der Waals surface area contributed by atoms with Crippen LogP contribution in [0.5, 0.6) is 0 Å². The molecular weight excluding hydrogens is 443 g/mol. The van der Waals surface area contributed by atoms with Crippen molar-refractivity contribution in [1.82, 2.24) is 15.4 Å². The van der Waals surface area contributed by atoms with Crippen LogP contribution < -0.4 is 10.4 Å². The Morgan fingerprint density at radius 3 is 2.33 bits per heavy atom. The normalized spacial score (nSPS) is 11.5. The first kappa shape index (κ1) is 27.2. The molecule has 1 amide bonds. The summed E-state index contributed by atoms with van der Waals surface area (Å²) < 4.78 is 37.2. The quantitative estimate of drug-likeness (QED) is 0.590. The van der Waals surface area contributed by atoms with Crippen LogP contribution in [0, 0.1) is 17.2 Å². The molecule has 2 rings (SSSR count). The van der Waals surface area contributed by atoms with Crippen molar-refractivity contribution in [3.8, 4) is 6.07 Å². The number of ether oxygens (including phenoxy) is 1. The fourth-order valence-electron chi connectivity index (χ4n) is 2.42. The molecule has 0 spiro atoms. The Labute approximate surface area is 188 Å². The maximum atomic E-state index is 12.3. The lowest BCUT2D eigenvalue weighted by atomic mass is 10.1. The molecule has 1 aromatic carbocycles. The molecule has 0 aliphatic rings. The molecule has 0 aliphatic carbocycles. The number of benzene rings is 1. The highest BCUT2D eigenvalue weighted by Gasteiger charge is 2.38. The van der Waals surface area contributed by atoms with Crippen LogP contribution in [0.4, 0.5) is 23.8 Å². The fraction of sp³-hybridized carbons (Fsp3) is 0.381. The number of nitriles is 1. The molecule has 178 valence electrons. The number of carbonyl (C=O) groups is 2. The second-order valence-corrected chi connectivity index (χ2v) is 7.18. The Bertz CT molecular complexity index is 949. The number of anilines is 1. The van der Waals surface area contributed by atoms with Gasteiger partial charge in [0.25, 0.3) is 0 Å². The van der Waals surface area contributed by atoms with Gasteiger partial charge in [-0.2, -0.15) is 23.4 Å². The van der Waals surface area contributed by atoms with E-state index in [1.807, 2.05) is 57.2 Å². The number of hydrogen-bond acceptors (Lipinski definition) is 7. The third-order valence-corrected chi connectivity index (χ3v) is 3.71. The number of nitrogens with zero attached hydrogens (tertiary/aromatic N) is 4. The summed E-state index contributed by atoms with van der Waals surface area (Å²) in [5, 5.41) is 17.7. The number of aromatic nitrogens is 2. The summed E-state index contributed by atoms with van der Waals surface area (Å²) in [6.45, 7) is 6.40. The van der Waals surface area contributed by atoms with Crippen molar-refractivity contribution in [2.24, 2.45) is 5.92 Å². The number of aliphatic carboxylic acids is 1. The molecule has 2 N–H and O–H groups in total. The van der Waals surface area contributed by atoms with Crippen molar-refractivity contribution >= 4 is 17.9 Å². The highest BCUT2D eigenvalue weighted by Crippen LogP contribution is 2.13. The van der Waals surface area contributed by atoms with E-state index in [0.29, 0.717) is 18.8 Å². The average molecular weight is 467 g/mol. The molecule has 12 heteroatoms. The van der Waals surface area contributed by atoms with Gasteiger partial charge < -0.3 is 9.84 Å². The van der Waals surface area contributed by atoms with Crippen molar-refractivity contribution in [2.75, 3.05) is 11.6 Å². The largest absolute Gasteiger partial charge is 0.490 e.